The standard InChI is InChI=1S/C24H32N6O3S/c1-17-7-9-19(10-8-17)26-21(32)22-27-28-23(34-22)24(33)30-14-5-6-18(16-30)20(31)25-11-15-29-12-3-2-4-13-29/h7-10,18H,2-6,11-16H2,1H3,(H,25,31)(H,26,32). The molecule has 2 N–H and O–H groups in total. The summed E-state index contributed by atoms with van der Waals surface area (Å²) in [7, 11) is 0. The van der Waals surface area contributed by atoms with E-state index < -0.39 is 5.91 Å². The Morgan fingerprint density at radius 3 is 2.50 bits per heavy atom. The zero-order valence-electron chi connectivity index (χ0n) is 19.6. The molecule has 2 saturated heterocycles. The van der Waals surface area contributed by atoms with Crippen molar-refractivity contribution in [2.45, 2.75) is 39.0 Å². The zero-order valence-corrected chi connectivity index (χ0v) is 20.4. The number of anilines is 1. The van der Waals surface area contributed by atoms with Crippen LogP contribution in [0.5, 0.6) is 0 Å². The van der Waals surface area contributed by atoms with Crippen molar-refractivity contribution in [3.05, 3.63) is 39.8 Å². The maximum Gasteiger partial charge on any atom is 0.286 e. The fourth-order valence-electron chi connectivity index (χ4n) is 4.40. The van der Waals surface area contributed by atoms with E-state index in [1.807, 2.05) is 31.2 Å². The van der Waals surface area contributed by atoms with E-state index in [4.69, 9.17) is 0 Å². The number of rotatable bonds is 7. The highest BCUT2D eigenvalue weighted by Crippen LogP contribution is 2.21. The topological polar surface area (TPSA) is 108 Å². The molecule has 0 bridgehead atoms. The molecule has 1 atom stereocenters. The Hall–Kier alpha value is -2.85. The number of amides is 3. The minimum absolute atomic E-state index is 0.00457. The van der Waals surface area contributed by atoms with E-state index in [0.29, 0.717) is 25.3 Å². The van der Waals surface area contributed by atoms with Gasteiger partial charge in [0.05, 0.1) is 5.92 Å². The van der Waals surface area contributed by atoms with Crippen molar-refractivity contribution in [2.75, 3.05) is 44.6 Å². The second-order valence-electron chi connectivity index (χ2n) is 9.02. The predicted molar refractivity (Wildman–Crippen MR) is 131 cm³/mol. The molecule has 1 aromatic heterocycles. The van der Waals surface area contributed by atoms with Crippen molar-refractivity contribution < 1.29 is 14.4 Å². The lowest BCUT2D eigenvalue weighted by Gasteiger charge is -2.32. The van der Waals surface area contributed by atoms with Gasteiger partial charge in [-0.3, -0.25) is 14.4 Å². The highest BCUT2D eigenvalue weighted by atomic mass is 32.1. The normalized spacial score (nSPS) is 19.0. The molecule has 2 aromatic rings. The molecule has 34 heavy (non-hydrogen) atoms. The number of aryl methyl sites for hydroxylation is 1. The van der Waals surface area contributed by atoms with E-state index in [1.165, 1.54) is 19.3 Å². The molecular formula is C24H32N6O3S. The molecular weight excluding hydrogens is 452 g/mol. The van der Waals surface area contributed by atoms with Crippen LogP contribution >= 0.6 is 11.3 Å². The summed E-state index contributed by atoms with van der Waals surface area (Å²) in [5, 5.41) is 14.0. The van der Waals surface area contributed by atoms with Crippen LogP contribution in [0.25, 0.3) is 0 Å². The first-order valence-corrected chi connectivity index (χ1v) is 12.8. The first kappa shape index (κ1) is 24.3. The number of likely N-dealkylation sites (tertiary alicyclic amines) is 2. The fraction of sp³-hybridized carbons (Fsp3) is 0.542. The lowest BCUT2D eigenvalue weighted by Crippen LogP contribution is -2.46. The molecule has 0 saturated carbocycles. The van der Waals surface area contributed by atoms with E-state index in [0.717, 1.165) is 49.4 Å². The Bertz CT molecular complexity index is 1000. The van der Waals surface area contributed by atoms with Gasteiger partial charge in [-0.2, -0.15) is 0 Å². The van der Waals surface area contributed by atoms with Gasteiger partial charge in [0.25, 0.3) is 11.8 Å². The van der Waals surface area contributed by atoms with Crippen LogP contribution < -0.4 is 10.6 Å². The number of nitrogens with zero attached hydrogens (tertiary/aromatic N) is 4. The Morgan fingerprint density at radius 1 is 1.00 bits per heavy atom. The van der Waals surface area contributed by atoms with Gasteiger partial charge < -0.3 is 20.4 Å². The molecule has 3 amide bonds. The molecule has 1 unspecified atom stereocenters. The smallest absolute Gasteiger partial charge is 0.286 e. The van der Waals surface area contributed by atoms with E-state index in [2.05, 4.69) is 25.7 Å². The first-order chi connectivity index (χ1) is 16.5. The van der Waals surface area contributed by atoms with E-state index in [9.17, 15) is 14.4 Å². The minimum atomic E-state index is -0.398. The third-order valence-corrected chi connectivity index (χ3v) is 7.28. The van der Waals surface area contributed by atoms with Crippen molar-refractivity contribution in [1.29, 1.82) is 0 Å². The molecule has 182 valence electrons. The molecule has 2 aliphatic rings. The maximum atomic E-state index is 13.0. The highest BCUT2D eigenvalue weighted by Gasteiger charge is 2.31. The molecule has 3 heterocycles. The van der Waals surface area contributed by atoms with Gasteiger partial charge in [-0.05, 0) is 57.8 Å². The van der Waals surface area contributed by atoms with Crippen LogP contribution in [-0.4, -0.2) is 77.0 Å². The lowest BCUT2D eigenvalue weighted by atomic mass is 9.97. The third kappa shape index (κ3) is 6.38. The number of aromatic nitrogens is 2. The van der Waals surface area contributed by atoms with Gasteiger partial charge in [0, 0.05) is 31.9 Å². The number of hydrogen-bond acceptors (Lipinski definition) is 7. The largest absolute Gasteiger partial charge is 0.355 e. The Labute approximate surface area is 203 Å². The van der Waals surface area contributed by atoms with Crippen LogP contribution in [-0.2, 0) is 4.79 Å². The van der Waals surface area contributed by atoms with Crippen LogP contribution in [0.2, 0.25) is 0 Å². The van der Waals surface area contributed by atoms with Gasteiger partial charge >= 0.3 is 0 Å². The van der Waals surface area contributed by atoms with E-state index in [1.54, 1.807) is 4.90 Å². The quantitative estimate of drug-likeness (QED) is 0.625. The summed E-state index contributed by atoms with van der Waals surface area (Å²) in [6.07, 6.45) is 5.28. The number of hydrogen-bond donors (Lipinski definition) is 2. The average Bonchev–Trinajstić information content (AvgIpc) is 3.36. The van der Waals surface area contributed by atoms with Crippen molar-refractivity contribution in [3.8, 4) is 0 Å². The van der Waals surface area contributed by atoms with Gasteiger partial charge in [-0.15, -0.1) is 10.2 Å². The second-order valence-corrected chi connectivity index (χ2v) is 9.99. The zero-order chi connectivity index (χ0) is 23.9. The first-order valence-electron chi connectivity index (χ1n) is 12.0. The molecule has 2 aliphatic heterocycles. The molecule has 2 fully saturated rings. The molecule has 10 heteroatoms. The summed E-state index contributed by atoms with van der Waals surface area (Å²) in [5.74, 6) is -0.899. The van der Waals surface area contributed by atoms with Crippen molar-refractivity contribution >= 4 is 34.7 Å². The van der Waals surface area contributed by atoms with Gasteiger partial charge in [0.15, 0.2) is 0 Å². The van der Waals surface area contributed by atoms with Gasteiger partial charge in [0.2, 0.25) is 15.9 Å². The maximum absolute atomic E-state index is 13.0. The highest BCUT2D eigenvalue weighted by molar-refractivity contribution is 7.15. The van der Waals surface area contributed by atoms with Crippen LogP contribution in [0.4, 0.5) is 5.69 Å². The Kier molecular flexibility index (Phi) is 8.23. The summed E-state index contributed by atoms with van der Waals surface area (Å²) < 4.78 is 0. The summed E-state index contributed by atoms with van der Waals surface area (Å²) in [6.45, 7) is 6.62. The second kappa shape index (κ2) is 11.5. The predicted octanol–water partition coefficient (Wildman–Crippen LogP) is 2.55. The van der Waals surface area contributed by atoms with Crippen molar-refractivity contribution in [3.63, 3.8) is 0 Å². The fourth-order valence-corrected chi connectivity index (χ4v) is 5.10. The molecule has 1 aromatic carbocycles. The molecule has 9 nitrogen and oxygen atoms in total. The van der Waals surface area contributed by atoms with Gasteiger partial charge in [-0.1, -0.05) is 35.5 Å². The van der Waals surface area contributed by atoms with Crippen LogP contribution in [0.3, 0.4) is 0 Å². The molecule has 0 spiro atoms. The van der Waals surface area contributed by atoms with E-state index in [-0.39, 0.29) is 27.7 Å². The van der Waals surface area contributed by atoms with E-state index >= 15 is 0 Å². The van der Waals surface area contributed by atoms with Crippen molar-refractivity contribution in [2.24, 2.45) is 5.92 Å². The SMILES string of the molecule is Cc1ccc(NC(=O)c2nnc(C(=O)N3CCCC(C(=O)NCCN4CCCCC4)C3)s2)cc1. The average molecular weight is 485 g/mol. The number of carbonyl (C=O) groups is 3. The Balaban J connectivity index is 1.27. The summed E-state index contributed by atoms with van der Waals surface area (Å²) in [6, 6.07) is 7.43. The summed E-state index contributed by atoms with van der Waals surface area (Å²) in [5.41, 5.74) is 1.75. The molecule has 0 radical (unpaired) electrons. The van der Waals surface area contributed by atoms with Gasteiger partial charge in [-0.25, -0.2) is 0 Å². The lowest BCUT2D eigenvalue weighted by molar-refractivity contribution is -0.126. The number of carbonyl (C=O) groups excluding carboxylic acids is 3. The third-order valence-electron chi connectivity index (χ3n) is 6.37. The number of piperidine rings is 2. The number of benzene rings is 1. The summed E-state index contributed by atoms with van der Waals surface area (Å²) >= 11 is 0.973. The monoisotopic (exact) mass is 484 g/mol. The Morgan fingerprint density at radius 2 is 1.74 bits per heavy atom. The van der Waals surface area contributed by atoms with Gasteiger partial charge in [0.1, 0.15) is 0 Å². The molecule has 0 aliphatic carbocycles. The van der Waals surface area contributed by atoms with Crippen LogP contribution in [0.1, 0.15) is 57.3 Å². The minimum Gasteiger partial charge on any atom is -0.355 e. The molecule has 4 rings (SSSR count). The number of nitrogens with one attached hydrogen (secondary N) is 2. The van der Waals surface area contributed by atoms with Crippen molar-refractivity contribution in [1.82, 2.24) is 25.3 Å². The summed E-state index contributed by atoms with van der Waals surface area (Å²) in [4.78, 5) is 42.2. The van der Waals surface area contributed by atoms with Crippen LogP contribution in [0, 0.1) is 12.8 Å². The van der Waals surface area contributed by atoms with Crippen LogP contribution in [0.15, 0.2) is 24.3 Å².